The SMILES string of the molecule is OCC(S)CC(O)CCOc1ccc(Cl)cc1CC1C(Cl)=CCC=CC1F. The molecule has 0 bridgehead atoms. The van der Waals surface area contributed by atoms with Gasteiger partial charge in [0.15, 0.2) is 0 Å². The van der Waals surface area contributed by atoms with Crippen LogP contribution in [0.1, 0.15) is 24.8 Å². The molecule has 0 aliphatic heterocycles. The summed E-state index contributed by atoms with van der Waals surface area (Å²) in [5, 5.41) is 19.7. The Morgan fingerprint density at radius 2 is 2.11 bits per heavy atom. The van der Waals surface area contributed by atoms with Crippen LogP contribution in [0, 0.1) is 5.92 Å². The van der Waals surface area contributed by atoms with E-state index in [1.807, 2.05) is 6.08 Å². The molecule has 0 saturated carbocycles. The number of halogens is 3. The van der Waals surface area contributed by atoms with E-state index in [0.717, 1.165) is 5.56 Å². The molecule has 1 aliphatic rings. The molecule has 1 aromatic rings. The van der Waals surface area contributed by atoms with Crippen molar-refractivity contribution in [2.45, 2.75) is 43.2 Å². The van der Waals surface area contributed by atoms with Crippen LogP contribution in [0.25, 0.3) is 0 Å². The molecule has 2 rings (SSSR count). The van der Waals surface area contributed by atoms with Crippen LogP contribution in [-0.2, 0) is 6.42 Å². The van der Waals surface area contributed by atoms with E-state index in [1.54, 1.807) is 24.3 Å². The lowest BCUT2D eigenvalue weighted by molar-refractivity contribution is 0.123. The van der Waals surface area contributed by atoms with E-state index >= 15 is 0 Å². The number of allylic oxidation sites excluding steroid dienone is 4. The number of hydrogen-bond donors (Lipinski definition) is 3. The minimum atomic E-state index is -1.17. The summed E-state index contributed by atoms with van der Waals surface area (Å²) in [6.45, 7) is 0.200. The van der Waals surface area contributed by atoms with Crippen molar-refractivity contribution in [2.24, 2.45) is 5.92 Å². The molecule has 150 valence electrons. The van der Waals surface area contributed by atoms with Gasteiger partial charge >= 0.3 is 0 Å². The zero-order valence-corrected chi connectivity index (χ0v) is 17.3. The van der Waals surface area contributed by atoms with Gasteiger partial charge in [0.25, 0.3) is 0 Å². The molecule has 0 radical (unpaired) electrons. The predicted molar refractivity (Wildman–Crippen MR) is 112 cm³/mol. The van der Waals surface area contributed by atoms with E-state index < -0.39 is 18.2 Å². The van der Waals surface area contributed by atoms with E-state index in [-0.39, 0.29) is 18.5 Å². The molecule has 0 heterocycles. The molecule has 1 aliphatic carbocycles. The second-order valence-corrected chi connectivity index (χ2v) is 8.23. The molecule has 4 unspecified atom stereocenters. The zero-order chi connectivity index (χ0) is 19.8. The van der Waals surface area contributed by atoms with Crippen molar-refractivity contribution in [3.05, 3.63) is 52.0 Å². The Hall–Kier alpha value is -0.720. The molecule has 4 atom stereocenters. The highest BCUT2D eigenvalue weighted by molar-refractivity contribution is 7.81. The molecule has 1 aromatic carbocycles. The molecular weight excluding hydrogens is 410 g/mol. The van der Waals surface area contributed by atoms with E-state index in [2.05, 4.69) is 12.6 Å². The van der Waals surface area contributed by atoms with E-state index in [4.69, 9.17) is 33.0 Å². The average Bonchev–Trinajstić information content (AvgIpc) is 2.78. The molecule has 0 fully saturated rings. The topological polar surface area (TPSA) is 49.7 Å². The fourth-order valence-electron chi connectivity index (χ4n) is 2.93. The molecule has 27 heavy (non-hydrogen) atoms. The minimum absolute atomic E-state index is 0.0864. The van der Waals surface area contributed by atoms with Gasteiger partial charge < -0.3 is 14.9 Å². The van der Waals surface area contributed by atoms with Gasteiger partial charge in [0.2, 0.25) is 0 Å². The smallest absolute Gasteiger partial charge is 0.126 e. The van der Waals surface area contributed by atoms with Gasteiger partial charge in [-0.1, -0.05) is 41.4 Å². The van der Waals surface area contributed by atoms with Crippen LogP contribution in [0.3, 0.4) is 0 Å². The van der Waals surface area contributed by atoms with Gasteiger partial charge in [0.05, 0.1) is 19.3 Å². The molecule has 2 N–H and O–H groups in total. The molecular formula is C20H25Cl2FO3S. The standard InChI is InChI=1S/C20H25Cl2FO3S/c21-14-5-6-20(26-8-7-15(25)11-16(27)12-24)13(9-14)10-17-18(22)3-1-2-4-19(17)23/h2-6,9,15-17,19,24-25,27H,1,7-8,10-12H2. The first-order chi connectivity index (χ1) is 12.9. The lowest BCUT2D eigenvalue weighted by Gasteiger charge is -2.20. The molecule has 3 nitrogen and oxygen atoms in total. The van der Waals surface area contributed by atoms with Crippen LogP contribution >= 0.6 is 35.8 Å². The number of thiol groups is 1. The number of hydrogen-bond acceptors (Lipinski definition) is 4. The maximum Gasteiger partial charge on any atom is 0.126 e. The van der Waals surface area contributed by atoms with Crippen molar-refractivity contribution >= 4 is 35.8 Å². The quantitative estimate of drug-likeness (QED) is 0.388. The first-order valence-corrected chi connectivity index (χ1v) is 10.2. The van der Waals surface area contributed by atoms with Crippen LogP contribution in [0.2, 0.25) is 5.02 Å². The summed E-state index contributed by atoms with van der Waals surface area (Å²) in [4.78, 5) is 0. The van der Waals surface area contributed by atoms with Gasteiger partial charge in [-0.2, -0.15) is 12.6 Å². The molecule has 0 spiro atoms. The van der Waals surface area contributed by atoms with Crippen LogP contribution < -0.4 is 4.74 Å². The van der Waals surface area contributed by atoms with Crippen LogP contribution in [-0.4, -0.2) is 41.0 Å². The van der Waals surface area contributed by atoms with Gasteiger partial charge in [0.1, 0.15) is 11.9 Å². The molecule has 0 amide bonds. The van der Waals surface area contributed by atoms with Gasteiger partial charge in [0, 0.05) is 27.6 Å². The predicted octanol–water partition coefficient (Wildman–Crippen LogP) is 4.73. The Morgan fingerprint density at radius 3 is 2.85 bits per heavy atom. The number of aliphatic hydroxyl groups excluding tert-OH is 2. The average molecular weight is 435 g/mol. The van der Waals surface area contributed by atoms with Crippen LogP contribution in [0.15, 0.2) is 41.5 Å². The van der Waals surface area contributed by atoms with E-state index in [1.165, 1.54) is 6.08 Å². The van der Waals surface area contributed by atoms with E-state index in [0.29, 0.717) is 41.5 Å². The first kappa shape index (κ1) is 22.6. The highest BCUT2D eigenvalue weighted by Gasteiger charge is 2.25. The lowest BCUT2D eigenvalue weighted by atomic mass is 9.94. The van der Waals surface area contributed by atoms with Crippen molar-refractivity contribution in [1.82, 2.24) is 0 Å². The fourth-order valence-corrected chi connectivity index (χ4v) is 3.66. The second-order valence-electron chi connectivity index (χ2n) is 6.62. The van der Waals surface area contributed by atoms with Crippen molar-refractivity contribution in [1.29, 1.82) is 0 Å². The summed E-state index contributed by atoms with van der Waals surface area (Å²) in [7, 11) is 0. The summed E-state index contributed by atoms with van der Waals surface area (Å²) in [6, 6.07) is 5.22. The lowest BCUT2D eigenvalue weighted by Crippen LogP contribution is -2.20. The largest absolute Gasteiger partial charge is 0.493 e. The normalized spacial score (nSPS) is 22.1. The maximum atomic E-state index is 14.4. The number of rotatable bonds is 9. The van der Waals surface area contributed by atoms with Crippen molar-refractivity contribution in [3.8, 4) is 5.75 Å². The summed E-state index contributed by atoms with van der Waals surface area (Å²) >= 11 is 16.6. The van der Waals surface area contributed by atoms with Gasteiger partial charge in [-0.15, -0.1) is 0 Å². The third-order valence-electron chi connectivity index (χ3n) is 4.43. The Labute approximate surface area is 175 Å². The van der Waals surface area contributed by atoms with Crippen molar-refractivity contribution < 1.29 is 19.3 Å². The molecule has 0 aromatic heterocycles. The van der Waals surface area contributed by atoms with Crippen LogP contribution in [0.4, 0.5) is 4.39 Å². The molecule has 0 saturated heterocycles. The summed E-state index contributed by atoms with van der Waals surface area (Å²) in [5.74, 6) is 0.118. The number of aliphatic hydroxyl groups is 2. The molecule has 7 heteroatoms. The number of benzene rings is 1. The van der Waals surface area contributed by atoms with Gasteiger partial charge in [-0.3, -0.25) is 0 Å². The number of alkyl halides is 1. The Kier molecular flexibility index (Phi) is 9.46. The highest BCUT2D eigenvalue weighted by atomic mass is 35.5. The highest BCUT2D eigenvalue weighted by Crippen LogP contribution is 2.33. The monoisotopic (exact) mass is 434 g/mol. The summed E-state index contributed by atoms with van der Waals surface area (Å²) in [5.41, 5.74) is 0.772. The van der Waals surface area contributed by atoms with Gasteiger partial charge in [-0.25, -0.2) is 4.39 Å². The maximum absolute atomic E-state index is 14.4. The zero-order valence-electron chi connectivity index (χ0n) is 14.9. The van der Waals surface area contributed by atoms with Gasteiger partial charge in [-0.05, 0) is 43.0 Å². The fraction of sp³-hybridized carbons (Fsp3) is 0.500. The Morgan fingerprint density at radius 1 is 1.33 bits per heavy atom. The third-order valence-corrected chi connectivity index (χ3v) is 5.48. The number of ether oxygens (including phenoxy) is 1. The van der Waals surface area contributed by atoms with Crippen molar-refractivity contribution in [3.63, 3.8) is 0 Å². The van der Waals surface area contributed by atoms with Crippen LogP contribution in [0.5, 0.6) is 5.75 Å². The van der Waals surface area contributed by atoms with E-state index in [9.17, 15) is 9.50 Å². The minimum Gasteiger partial charge on any atom is -0.493 e. The Bertz CT molecular complexity index is 669. The second kappa shape index (κ2) is 11.3. The van der Waals surface area contributed by atoms with Crippen molar-refractivity contribution in [2.75, 3.05) is 13.2 Å². The third kappa shape index (κ3) is 7.31. The first-order valence-electron chi connectivity index (χ1n) is 8.95. The summed E-state index contributed by atoms with van der Waals surface area (Å²) in [6.07, 6.45) is 5.10. The summed E-state index contributed by atoms with van der Waals surface area (Å²) < 4.78 is 20.3. The Balaban J connectivity index is 2.03.